The lowest BCUT2D eigenvalue weighted by Gasteiger charge is -2.33. The minimum Gasteiger partial charge on any atom is -0.477 e. The molecule has 0 bridgehead atoms. The minimum absolute atomic E-state index is 2.67. The van der Waals surface area contributed by atoms with Gasteiger partial charge in [0.05, 0.1) is 13.0 Å². The maximum atomic E-state index is 13.1. The molecule has 0 aromatic heterocycles. The van der Waals surface area contributed by atoms with E-state index in [1.165, 1.54) is 0 Å². The average Bonchev–Trinajstić information content (AvgIpc) is 2.52. The van der Waals surface area contributed by atoms with Crippen molar-refractivity contribution < 1.29 is 85.3 Å². The smallest absolute Gasteiger partial charge is 0.460 e. The molecule has 0 spiro atoms. The van der Waals surface area contributed by atoms with Gasteiger partial charge < -0.3 is 9.84 Å². The fraction of sp³-hybridized carbons (Fsp3) is 0.818. The Kier molecular flexibility index (Phi) is 7.01. The highest BCUT2D eigenvalue weighted by Gasteiger charge is 2.82. The molecule has 0 unspecified atom stereocenters. The first kappa shape index (κ1) is 27.9. The molecule has 1 N–H and O–H groups in total. The van der Waals surface area contributed by atoms with Gasteiger partial charge >= 0.3 is 53.7 Å². The van der Waals surface area contributed by atoms with Crippen LogP contribution in [0.25, 0.3) is 0 Å². The number of alkyl halides is 15. The molecule has 0 radical (unpaired) electrons. The molecule has 0 aromatic carbocycles. The number of esters is 1. The molecule has 0 aliphatic carbocycles. The molecule has 0 fully saturated rings. The van der Waals surface area contributed by atoms with Crippen molar-refractivity contribution in [3.8, 4) is 0 Å². The van der Waals surface area contributed by atoms with E-state index in [9.17, 15) is 75.4 Å². The normalized spacial score (nSPS) is 15.2. The molecule has 0 aromatic rings. The lowest BCUT2D eigenvalue weighted by molar-refractivity contribution is -0.397. The summed E-state index contributed by atoms with van der Waals surface area (Å²) in [6.07, 6.45) is -10.3. The third-order valence-electron chi connectivity index (χ3n) is 3.17. The predicted molar refractivity (Wildman–Crippen MR) is 58.9 cm³/mol. The van der Waals surface area contributed by atoms with Gasteiger partial charge in [-0.15, -0.1) is 0 Å². The molecule has 0 heterocycles. The summed E-state index contributed by atoms with van der Waals surface area (Å²) in [5, 5.41) is 7.78. The first-order valence-electron chi connectivity index (χ1n) is 6.56. The Labute approximate surface area is 153 Å². The topological polar surface area (TPSA) is 63.6 Å². The van der Waals surface area contributed by atoms with Gasteiger partial charge in [0, 0.05) is 0 Å². The third kappa shape index (κ3) is 4.19. The first-order chi connectivity index (χ1) is 12.8. The summed E-state index contributed by atoms with van der Waals surface area (Å²) in [7, 11) is 0. The fourth-order valence-electron chi connectivity index (χ4n) is 1.39. The van der Waals surface area contributed by atoms with Crippen molar-refractivity contribution in [3.05, 3.63) is 0 Å². The van der Waals surface area contributed by atoms with Crippen LogP contribution in [0.15, 0.2) is 0 Å². The van der Waals surface area contributed by atoms with Crippen molar-refractivity contribution in [1.29, 1.82) is 0 Å². The highest BCUT2D eigenvalue weighted by atomic mass is 19.4. The Morgan fingerprint density at radius 3 is 1.37 bits per heavy atom. The van der Waals surface area contributed by atoms with E-state index >= 15 is 0 Å². The number of carboxylic acids is 1. The number of rotatable bonds is 9. The Bertz CT molecular complexity index is 666. The van der Waals surface area contributed by atoms with Crippen molar-refractivity contribution >= 4 is 11.9 Å². The van der Waals surface area contributed by atoms with Gasteiger partial charge in [0.1, 0.15) is 0 Å². The van der Waals surface area contributed by atoms with Crippen LogP contribution in [0.2, 0.25) is 0 Å². The molecule has 0 rings (SSSR count). The maximum Gasteiger partial charge on any atom is 0.460 e. The van der Waals surface area contributed by atoms with E-state index in [1.807, 2.05) is 0 Å². The van der Waals surface area contributed by atoms with Gasteiger partial charge in [0.15, 0.2) is 0 Å². The number of aliphatic carboxylic acids is 1. The number of hydrogen-bond acceptors (Lipinski definition) is 3. The number of halogens is 15. The van der Waals surface area contributed by atoms with Crippen LogP contribution >= 0.6 is 0 Å². The molecule has 0 saturated heterocycles. The Morgan fingerprint density at radius 2 is 1.03 bits per heavy atom. The molecule has 0 atom stereocenters. The van der Waals surface area contributed by atoms with Gasteiger partial charge in [-0.1, -0.05) is 0 Å². The van der Waals surface area contributed by atoms with Gasteiger partial charge in [0.25, 0.3) is 0 Å². The van der Waals surface area contributed by atoms with Crippen LogP contribution in [0.3, 0.4) is 0 Å². The van der Waals surface area contributed by atoms with Crippen molar-refractivity contribution in [3.63, 3.8) is 0 Å². The summed E-state index contributed by atoms with van der Waals surface area (Å²) in [5.41, 5.74) is 0. The Hall–Kier alpha value is -2.11. The van der Waals surface area contributed by atoms with Crippen LogP contribution in [0.1, 0.15) is 6.42 Å². The summed E-state index contributed by atoms with van der Waals surface area (Å²) in [5.74, 6) is -49.4. The van der Waals surface area contributed by atoms with Crippen molar-refractivity contribution in [1.82, 2.24) is 0 Å². The summed E-state index contributed by atoms with van der Waals surface area (Å²) < 4.78 is 193. The molecule has 0 amide bonds. The summed E-state index contributed by atoms with van der Waals surface area (Å²) in [6, 6.07) is 0. The second-order valence-corrected chi connectivity index (χ2v) is 5.27. The van der Waals surface area contributed by atoms with E-state index in [0.717, 1.165) is 0 Å². The monoisotopic (exact) mass is 486 g/mol. The van der Waals surface area contributed by atoms with Crippen LogP contribution < -0.4 is 0 Å². The quantitative estimate of drug-likeness (QED) is 0.389. The number of hydrogen-bond donors (Lipinski definition) is 1. The SMILES string of the molecule is O=C(O)C(F)(F)C(F)(F)C(F)(F)C(=O)OCCC(F)(F)C(F)(F)C(F)(F)C(F)(F)F. The molecular weight excluding hydrogens is 481 g/mol. The molecule has 19 heteroatoms. The van der Waals surface area contributed by atoms with Crippen molar-refractivity contribution in [2.75, 3.05) is 6.61 Å². The molecule has 178 valence electrons. The summed E-state index contributed by atoms with van der Waals surface area (Å²) in [4.78, 5) is 20.6. The fourth-order valence-corrected chi connectivity index (χ4v) is 1.39. The zero-order valence-electron chi connectivity index (χ0n) is 13.3. The van der Waals surface area contributed by atoms with E-state index in [4.69, 9.17) is 5.11 Å². The second kappa shape index (κ2) is 7.54. The first-order valence-corrected chi connectivity index (χ1v) is 6.56. The molecule has 0 aliphatic heterocycles. The minimum atomic E-state index is -7.39. The Balaban J connectivity index is 5.49. The molecular formula is C11H5F15O4. The summed E-state index contributed by atoms with van der Waals surface area (Å²) >= 11 is 0. The number of ether oxygens (including phenoxy) is 1. The molecule has 0 aliphatic rings. The Morgan fingerprint density at radius 1 is 0.633 bits per heavy atom. The number of carbonyl (C=O) groups is 2. The van der Waals surface area contributed by atoms with Gasteiger partial charge in [-0.25, -0.2) is 9.59 Å². The third-order valence-corrected chi connectivity index (χ3v) is 3.17. The molecule has 30 heavy (non-hydrogen) atoms. The van der Waals surface area contributed by atoms with E-state index < -0.39 is 66.7 Å². The lowest BCUT2D eigenvalue weighted by atomic mass is 10.0. The van der Waals surface area contributed by atoms with Crippen LogP contribution in [-0.2, 0) is 14.3 Å². The molecule has 0 saturated carbocycles. The van der Waals surface area contributed by atoms with Crippen LogP contribution in [0.5, 0.6) is 0 Å². The van der Waals surface area contributed by atoms with Crippen LogP contribution in [0.4, 0.5) is 65.9 Å². The van der Waals surface area contributed by atoms with Crippen molar-refractivity contribution in [2.24, 2.45) is 0 Å². The second-order valence-electron chi connectivity index (χ2n) is 5.27. The summed E-state index contributed by atoms with van der Waals surface area (Å²) in [6.45, 7) is -2.67. The van der Waals surface area contributed by atoms with Crippen molar-refractivity contribution in [2.45, 2.75) is 48.1 Å². The zero-order valence-corrected chi connectivity index (χ0v) is 13.3. The number of carboxylic acid groups (broad SMARTS) is 1. The van der Waals surface area contributed by atoms with E-state index in [0.29, 0.717) is 0 Å². The van der Waals surface area contributed by atoms with Crippen LogP contribution in [0, 0.1) is 0 Å². The average molecular weight is 486 g/mol. The van der Waals surface area contributed by atoms with Gasteiger partial charge in [0.2, 0.25) is 0 Å². The van der Waals surface area contributed by atoms with Gasteiger partial charge in [-0.3, -0.25) is 0 Å². The van der Waals surface area contributed by atoms with Gasteiger partial charge in [-0.05, 0) is 0 Å². The van der Waals surface area contributed by atoms with E-state index in [1.54, 1.807) is 0 Å². The highest BCUT2D eigenvalue weighted by Crippen LogP contribution is 2.54. The number of carbonyl (C=O) groups excluding carboxylic acids is 1. The standard InChI is InChI=1S/C11H5F15O4/c12-5(13,8(18,19)10(22,23)11(24,25)26)1-2-30-4(29)7(16,17)9(20,21)6(14,15)3(27)28/h1-2H2,(H,27,28). The zero-order chi connectivity index (χ0) is 24.8. The maximum absolute atomic E-state index is 13.1. The highest BCUT2D eigenvalue weighted by molar-refractivity contribution is 5.83. The lowest BCUT2D eigenvalue weighted by Crippen LogP contribution is -2.62. The van der Waals surface area contributed by atoms with E-state index in [2.05, 4.69) is 4.74 Å². The van der Waals surface area contributed by atoms with Gasteiger partial charge in [-0.2, -0.15) is 65.9 Å². The van der Waals surface area contributed by atoms with E-state index in [-0.39, 0.29) is 0 Å². The van der Waals surface area contributed by atoms with Crippen LogP contribution in [-0.4, -0.2) is 65.4 Å². The predicted octanol–water partition coefficient (Wildman–Crippen LogP) is 4.38. The molecule has 4 nitrogen and oxygen atoms in total. The largest absolute Gasteiger partial charge is 0.477 e.